The Bertz CT molecular complexity index is 605. The number of aliphatic imine (C=N–C) groups is 1. The van der Waals surface area contributed by atoms with E-state index in [0.717, 1.165) is 58.2 Å². The zero-order valence-electron chi connectivity index (χ0n) is 17.4. The molecule has 2 aliphatic heterocycles. The summed E-state index contributed by atoms with van der Waals surface area (Å²) < 4.78 is 7.71. The number of hydrogen-bond acceptors (Lipinski definition) is 4. The van der Waals surface area contributed by atoms with Gasteiger partial charge in [-0.3, -0.25) is 14.6 Å². The lowest BCUT2D eigenvalue weighted by Gasteiger charge is -2.35. The Kier molecular flexibility index (Phi) is 7.13. The second kappa shape index (κ2) is 9.55. The second-order valence-corrected chi connectivity index (χ2v) is 7.99. The molecule has 3 heterocycles. The highest BCUT2D eigenvalue weighted by Crippen LogP contribution is 2.26. The van der Waals surface area contributed by atoms with Gasteiger partial charge < -0.3 is 15.0 Å². The lowest BCUT2D eigenvalue weighted by atomic mass is 10.0. The maximum Gasteiger partial charge on any atom is 0.193 e. The van der Waals surface area contributed by atoms with Gasteiger partial charge in [-0.05, 0) is 39.2 Å². The van der Waals surface area contributed by atoms with Crippen LogP contribution < -0.4 is 5.32 Å². The van der Waals surface area contributed by atoms with Gasteiger partial charge >= 0.3 is 0 Å². The largest absolute Gasteiger partial charge is 0.373 e. The van der Waals surface area contributed by atoms with E-state index in [1.807, 2.05) is 17.9 Å². The number of likely N-dealkylation sites (tertiary alicyclic amines) is 1. The summed E-state index contributed by atoms with van der Waals surface area (Å²) in [7, 11) is 1.98. The van der Waals surface area contributed by atoms with Crippen molar-refractivity contribution in [2.75, 3.05) is 45.8 Å². The van der Waals surface area contributed by atoms with Gasteiger partial charge in [-0.15, -0.1) is 0 Å². The molecule has 1 aromatic heterocycles. The summed E-state index contributed by atoms with van der Waals surface area (Å²) in [5.41, 5.74) is 1.34. The quantitative estimate of drug-likeness (QED) is 0.465. The van der Waals surface area contributed by atoms with Crippen molar-refractivity contribution in [3.63, 3.8) is 0 Å². The van der Waals surface area contributed by atoms with Gasteiger partial charge in [-0.1, -0.05) is 0 Å². The third-order valence-electron chi connectivity index (χ3n) is 5.41. The van der Waals surface area contributed by atoms with E-state index in [-0.39, 0.29) is 0 Å². The summed E-state index contributed by atoms with van der Waals surface area (Å²) in [5.74, 6) is 1.62. The van der Waals surface area contributed by atoms with Crippen molar-refractivity contribution < 1.29 is 4.74 Å². The van der Waals surface area contributed by atoms with E-state index in [1.54, 1.807) is 0 Å². The Hall–Kier alpha value is -1.60. The fourth-order valence-electron chi connectivity index (χ4n) is 4.25. The zero-order chi connectivity index (χ0) is 19.2. The molecule has 0 amide bonds. The molecule has 3 unspecified atom stereocenters. The Morgan fingerprint density at radius 1 is 1.30 bits per heavy atom. The van der Waals surface area contributed by atoms with Gasteiger partial charge in [0.1, 0.15) is 0 Å². The molecule has 0 radical (unpaired) electrons. The summed E-state index contributed by atoms with van der Waals surface area (Å²) in [6, 6.07) is 0. The molecule has 3 atom stereocenters. The van der Waals surface area contributed by atoms with E-state index in [4.69, 9.17) is 9.73 Å². The smallest absolute Gasteiger partial charge is 0.193 e. The highest BCUT2D eigenvalue weighted by atomic mass is 16.5. The molecule has 1 aromatic rings. The van der Waals surface area contributed by atoms with Crippen LogP contribution in [0.5, 0.6) is 0 Å². The molecule has 7 heteroatoms. The van der Waals surface area contributed by atoms with E-state index < -0.39 is 0 Å². The Labute approximate surface area is 163 Å². The first kappa shape index (κ1) is 20.1. The highest BCUT2D eigenvalue weighted by Gasteiger charge is 2.27. The van der Waals surface area contributed by atoms with E-state index in [0.29, 0.717) is 18.1 Å². The van der Waals surface area contributed by atoms with Gasteiger partial charge in [-0.2, -0.15) is 5.10 Å². The predicted molar refractivity (Wildman–Crippen MR) is 109 cm³/mol. The first-order valence-corrected chi connectivity index (χ1v) is 10.4. The topological polar surface area (TPSA) is 57.9 Å². The first-order chi connectivity index (χ1) is 13.0. The number of hydrogen-bond donors (Lipinski definition) is 1. The fourth-order valence-corrected chi connectivity index (χ4v) is 4.25. The maximum absolute atomic E-state index is 5.82. The minimum absolute atomic E-state index is 0.337. The van der Waals surface area contributed by atoms with Crippen molar-refractivity contribution in [1.82, 2.24) is 24.9 Å². The van der Waals surface area contributed by atoms with E-state index in [1.165, 1.54) is 12.0 Å². The number of morpholine rings is 1. The molecule has 2 saturated heterocycles. The molecule has 0 aromatic carbocycles. The molecule has 0 bridgehead atoms. The van der Waals surface area contributed by atoms with Crippen LogP contribution in [0.3, 0.4) is 0 Å². The summed E-state index contributed by atoms with van der Waals surface area (Å²) in [4.78, 5) is 9.82. The van der Waals surface area contributed by atoms with Crippen molar-refractivity contribution in [1.29, 1.82) is 0 Å². The van der Waals surface area contributed by atoms with Crippen molar-refractivity contribution in [2.24, 2.45) is 12.0 Å². The molecule has 3 rings (SSSR count). The third kappa shape index (κ3) is 5.69. The van der Waals surface area contributed by atoms with Crippen molar-refractivity contribution in [3.8, 4) is 0 Å². The van der Waals surface area contributed by atoms with Crippen LogP contribution in [0.2, 0.25) is 0 Å². The lowest BCUT2D eigenvalue weighted by Crippen LogP contribution is -2.45. The molecule has 27 heavy (non-hydrogen) atoms. The van der Waals surface area contributed by atoms with Crippen LogP contribution in [0.4, 0.5) is 0 Å². The van der Waals surface area contributed by atoms with Gasteiger partial charge in [0, 0.05) is 65.0 Å². The maximum atomic E-state index is 5.82. The van der Waals surface area contributed by atoms with Crippen molar-refractivity contribution in [2.45, 2.75) is 51.7 Å². The number of rotatable bonds is 6. The van der Waals surface area contributed by atoms with Crippen LogP contribution in [-0.4, -0.2) is 83.6 Å². The molecule has 1 N–H and O–H groups in total. The highest BCUT2D eigenvalue weighted by molar-refractivity contribution is 5.80. The molecule has 0 saturated carbocycles. The molecule has 7 nitrogen and oxygen atoms in total. The predicted octanol–water partition coefficient (Wildman–Crippen LogP) is 1.67. The van der Waals surface area contributed by atoms with Gasteiger partial charge in [-0.25, -0.2) is 0 Å². The number of aromatic nitrogens is 2. The standard InChI is InChI=1S/C20H36N6O/c1-5-21-20(22-8-6-9-25-12-16(2)27-17(3)13-25)26-10-7-18(15-26)19-11-23-24(4)14-19/h11,14,16-18H,5-10,12-13,15H2,1-4H3,(H,21,22). The third-order valence-corrected chi connectivity index (χ3v) is 5.41. The average Bonchev–Trinajstić information content (AvgIpc) is 3.26. The van der Waals surface area contributed by atoms with E-state index in [9.17, 15) is 0 Å². The number of guanidine groups is 1. The average molecular weight is 377 g/mol. The van der Waals surface area contributed by atoms with Crippen LogP contribution in [0.15, 0.2) is 17.4 Å². The van der Waals surface area contributed by atoms with Crippen LogP contribution in [0, 0.1) is 0 Å². The molecule has 152 valence electrons. The minimum atomic E-state index is 0.337. The van der Waals surface area contributed by atoms with Crippen LogP contribution >= 0.6 is 0 Å². The molecule has 0 spiro atoms. The summed E-state index contributed by atoms with van der Waals surface area (Å²) in [5, 5.41) is 7.80. The molecule has 2 fully saturated rings. The van der Waals surface area contributed by atoms with Crippen LogP contribution in [0.1, 0.15) is 45.1 Å². The summed E-state index contributed by atoms with van der Waals surface area (Å²) in [6.07, 6.45) is 7.08. The molecular weight excluding hydrogens is 340 g/mol. The van der Waals surface area contributed by atoms with Gasteiger partial charge in [0.15, 0.2) is 5.96 Å². The minimum Gasteiger partial charge on any atom is -0.373 e. The zero-order valence-corrected chi connectivity index (χ0v) is 17.4. The number of nitrogens with zero attached hydrogens (tertiary/aromatic N) is 5. The normalized spacial score (nSPS) is 27.3. The molecule has 0 aliphatic carbocycles. The monoisotopic (exact) mass is 376 g/mol. The van der Waals surface area contributed by atoms with Gasteiger partial charge in [0.05, 0.1) is 18.4 Å². The molecule has 2 aliphatic rings. The summed E-state index contributed by atoms with van der Waals surface area (Å²) >= 11 is 0. The lowest BCUT2D eigenvalue weighted by molar-refractivity contribution is -0.0679. The Morgan fingerprint density at radius 3 is 2.74 bits per heavy atom. The SMILES string of the molecule is CCNC(=NCCCN1CC(C)OC(C)C1)N1CCC(c2cnn(C)c2)C1. The van der Waals surface area contributed by atoms with Crippen molar-refractivity contribution >= 4 is 5.96 Å². The van der Waals surface area contributed by atoms with E-state index in [2.05, 4.69) is 47.2 Å². The Balaban J connectivity index is 1.48. The fraction of sp³-hybridized carbons (Fsp3) is 0.800. The number of aryl methyl sites for hydroxylation is 1. The summed E-state index contributed by atoms with van der Waals surface area (Å²) in [6.45, 7) is 13.5. The van der Waals surface area contributed by atoms with E-state index >= 15 is 0 Å². The molecular formula is C20H36N6O. The first-order valence-electron chi connectivity index (χ1n) is 10.4. The van der Waals surface area contributed by atoms with Crippen LogP contribution in [0.25, 0.3) is 0 Å². The van der Waals surface area contributed by atoms with Gasteiger partial charge in [0.2, 0.25) is 0 Å². The number of ether oxygens (including phenoxy) is 1. The second-order valence-electron chi connectivity index (χ2n) is 7.99. The van der Waals surface area contributed by atoms with Crippen molar-refractivity contribution in [3.05, 3.63) is 18.0 Å². The number of nitrogens with one attached hydrogen (secondary N) is 1. The Morgan fingerprint density at radius 2 is 2.07 bits per heavy atom. The van der Waals surface area contributed by atoms with Crippen LogP contribution in [-0.2, 0) is 11.8 Å². The van der Waals surface area contributed by atoms with Gasteiger partial charge in [0.25, 0.3) is 0 Å².